The predicted molar refractivity (Wildman–Crippen MR) is 63.0 cm³/mol. The van der Waals surface area contributed by atoms with E-state index in [0.717, 1.165) is 0 Å². The van der Waals surface area contributed by atoms with Crippen LogP contribution in [0.4, 0.5) is 11.4 Å². The van der Waals surface area contributed by atoms with Gasteiger partial charge in [-0.3, -0.25) is 0 Å². The third-order valence-corrected chi connectivity index (χ3v) is 1.85. The molecule has 1 aromatic rings. The topological polar surface area (TPSA) is 73.1 Å². The Morgan fingerprint density at radius 2 is 2.06 bits per heavy atom. The van der Waals surface area contributed by atoms with E-state index in [0.29, 0.717) is 17.4 Å². The van der Waals surface area contributed by atoms with E-state index in [-0.39, 0.29) is 0 Å². The van der Waals surface area contributed by atoms with Gasteiger partial charge in [-0.25, -0.2) is 16.0 Å². The molecule has 0 bridgehead atoms. The van der Waals surface area contributed by atoms with Crippen LogP contribution in [-0.2, 0) is 4.84 Å². The van der Waals surface area contributed by atoms with Crippen LogP contribution >= 0.6 is 0 Å². The van der Waals surface area contributed by atoms with Crippen molar-refractivity contribution in [2.24, 2.45) is 10.1 Å². The molecule has 0 fully saturated rings. The average molecular weight is 221 g/mol. The number of rotatable bonds is 3. The fourth-order valence-corrected chi connectivity index (χ4v) is 1.09. The Kier molecular flexibility index (Phi) is 4.26. The third kappa shape index (κ3) is 2.94. The zero-order chi connectivity index (χ0) is 12.0. The number of nitrogens with one attached hydrogen (secondary N) is 2. The monoisotopic (exact) mass is 221 g/mol. The molecule has 0 atom stereocenters. The van der Waals surface area contributed by atoms with E-state index in [9.17, 15) is 0 Å². The quantitative estimate of drug-likeness (QED) is 0.356. The molecule has 86 valence electrons. The van der Waals surface area contributed by atoms with Crippen LogP contribution in [-0.4, -0.2) is 32.1 Å². The van der Waals surface area contributed by atoms with Gasteiger partial charge in [-0.15, -0.1) is 0 Å². The van der Waals surface area contributed by atoms with Crippen molar-refractivity contribution < 1.29 is 4.84 Å². The zero-order valence-electron chi connectivity index (χ0n) is 9.56. The molecule has 0 aromatic heterocycles. The van der Waals surface area contributed by atoms with Crippen LogP contribution in [0.5, 0.6) is 0 Å². The average Bonchev–Trinajstić information content (AvgIpc) is 2.30. The summed E-state index contributed by atoms with van der Waals surface area (Å²) in [7, 11) is 5.29. The van der Waals surface area contributed by atoms with E-state index in [1.807, 2.05) is 20.2 Å². The second-order valence-electron chi connectivity index (χ2n) is 3.23. The second kappa shape index (κ2) is 5.69. The van der Waals surface area contributed by atoms with Gasteiger partial charge in [0.25, 0.3) is 0 Å². The van der Waals surface area contributed by atoms with E-state index < -0.39 is 0 Å². The molecule has 0 spiro atoms. The first kappa shape index (κ1) is 12.0. The minimum atomic E-state index is 0.444. The Labute approximate surface area is 94.4 Å². The minimum absolute atomic E-state index is 0.444. The summed E-state index contributed by atoms with van der Waals surface area (Å²) < 4.78 is 0. The molecule has 0 radical (unpaired) electrons. The number of hydrogen-bond acceptors (Lipinski definition) is 5. The van der Waals surface area contributed by atoms with Gasteiger partial charge in [-0.2, -0.15) is 5.11 Å². The van der Waals surface area contributed by atoms with E-state index in [4.69, 9.17) is 10.4 Å². The molecule has 0 aliphatic rings. The highest BCUT2D eigenvalue weighted by molar-refractivity contribution is 5.75. The lowest BCUT2D eigenvalue weighted by Crippen LogP contribution is -2.27. The first-order valence-electron chi connectivity index (χ1n) is 4.72. The summed E-state index contributed by atoms with van der Waals surface area (Å²) in [4.78, 5) is 10.9. The van der Waals surface area contributed by atoms with Crippen LogP contribution in [0.2, 0.25) is 0 Å². The molecule has 6 heteroatoms. The van der Waals surface area contributed by atoms with Gasteiger partial charge in [0.15, 0.2) is 0 Å². The molecule has 1 aromatic carbocycles. The van der Waals surface area contributed by atoms with Crippen LogP contribution in [0.15, 0.2) is 34.4 Å². The first-order chi connectivity index (χ1) is 7.69. The van der Waals surface area contributed by atoms with Crippen LogP contribution in [0, 0.1) is 5.53 Å². The van der Waals surface area contributed by atoms with Gasteiger partial charge in [0, 0.05) is 21.1 Å². The number of amidine groups is 1. The van der Waals surface area contributed by atoms with Gasteiger partial charge in [-0.1, -0.05) is 12.1 Å². The van der Waals surface area contributed by atoms with Gasteiger partial charge < -0.3 is 9.74 Å². The lowest BCUT2D eigenvalue weighted by molar-refractivity contribution is 0.324. The molecule has 0 aliphatic carbocycles. The SMILES string of the molecule is CN=C(ONc1ccccc1N=N)N(C)C. The van der Waals surface area contributed by atoms with Gasteiger partial charge in [0.2, 0.25) is 0 Å². The van der Waals surface area contributed by atoms with Crippen molar-refractivity contribution in [2.45, 2.75) is 0 Å². The van der Waals surface area contributed by atoms with Crippen molar-refractivity contribution in [1.29, 1.82) is 5.53 Å². The largest absolute Gasteiger partial charge is 0.343 e. The predicted octanol–water partition coefficient (Wildman–Crippen LogP) is 2.24. The molecular weight excluding hydrogens is 206 g/mol. The Hall–Kier alpha value is -2.11. The molecule has 0 saturated heterocycles. The summed E-state index contributed by atoms with van der Waals surface area (Å²) in [5.74, 6) is 0. The molecule has 0 heterocycles. The van der Waals surface area contributed by atoms with Crippen LogP contribution in [0.3, 0.4) is 0 Å². The minimum Gasteiger partial charge on any atom is -0.343 e. The van der Waals surface area contributed by atoms with Gasteiger partial charge >= 0.3 is 6.02 Å². The summed E-state index contributed by atoms with van der Waals surface area (Å²) >= 11 is 0. The third-order valence-electron chi connectivity index (χ3n) is 1.85. The summed E-state index contributed by atoms with van der Waals surface area (Å²) in [5.41, 5.74) is 10.8. The molecule has 0 unspecified atom stereocenters. The van der Waals surface area contributed by atoms with E-state index >= 15 is 0 Å². The molecule has 1 rings (SSSR count). The second-order valence-corrected chi connectivity index (χ2v) is 3.23. The standard InChI is InChI=1S/C10H15N5O/c1-12-10(15(2)3)16-14-9-7-5-4-6-8(9)13-11/h4-7,11,14H,1-3H3. The summed E-state index contributed by atoms with van der Waals surface area (Å²) in [6.45, 7) is 0. The van der Waals surface area contributed by atoms with Crippen molar-refractivity contribution in [2.75, 3.05) is 26.6 Å². The number of benzene rings is 1. The summed E-state index contributed by atoms with van der Waals surface area (Å²) in [6.07, 6.45) is 0. The molecule has 0 amide bonds. The molecule has 0 saturated carbocycles. The van der Waals surface area contributed by atoms with Crippen LogP contribution in [0.1, 0.15) is 0 Å². The number of hydrogen-bond donors (Lipinski definition) is 2. The Balaban J connectivity index is 2.71. The van der Waals surface area contributed by atoms with E-state index in [2.05, 4.69) is 15.6 Å². The lowest BCUT2D eigenvalue weighted by Gasteiger charge is -2.16. The summed E-state index contributed by atoms with van der Waals surface area (Å²) in [5, 5.41) is 3.37. The first-order valence-corrected chi connectivity index (χ1v) is 4.72. The van der Waals surface area contributed by atoms with Crippen molar-refractivity contribution in [3.63, 3.8) is 0 Å². The van der Waals surface area contributed by atoms with Gasteiger partial charge in [0.1, 0.15) is 5.69 Å². The van der Waals surface area contributed by atoms with Crippen molar-refractivity contribution >= 4 is 17.4 Å². The van der Waals surface area contributed by atoms with Crippen molar-refractivity contribution in [3.05, 3.63) is 24.3 Å². The lowest BCUT2D eigenvalue weighted by atomic mass is 10.3. The van der Waals surface area contributed by atoms with Gasteiger partial charge in [0.05, 0.1) is 5.69 Å². The number of para-hydroxylation sites is 2. The highest BCUT2D eigenvalue weighted by Crippen LogP contribution is 2.23. The smallest absolute Gasteiger partial charge is 0.313 e. The number of nitrogens with zero attached hydrogens (tertiary/aromatic N) is 3. The molecule has 6 nitrogen and oxygen atoms in total. The van der Waals surface area contributed by atoms with Gasteiger partial charge in [-0.05, 0) is 12.1 Å². The Bertz CT molecular complexity index is 389. The number of anilines is 1. The molecule has 16 heavy (non-hydrogen) atoms. The van der Waals surface area contributed by atoms with Crippen LogP contribution < -0.4 is 5.48 Å². The van der Waals surface area contributed by atoms with Crippen LogP contribution in [0.25, 0.3) is 0 Å². The maximum atomic E-state index is 6.99. The van der Waals surface area contributed by atoms with Crippen molar-refractivity contribution in [1.82, 2.24) is 4.90 Å². The maximum absolute atomic E-state index is 6.99. The van der Waals surface area contributed by atoms with E-state index in [1.165, 1.54) is 0 Å². The molecule has 0 aliphatic heterocycles. The normalized spacial score (nSPS) is 10.8. The fourth-order valence-electron chi connectivity index (χ4n) is 1.09. The maximum Gasteiger partial charge on any atom is 0.313 e. The fraction of sp³-hybridized carbons (Fsp3) is 0.300. The highest BCUT2D eigenvalue weighted by atomic mass is 16.7. The zero-order valence-corrected chi connectivity index (χ0v) is 9.56. The highest BCUT2D eigenvalue weighted by Gasteiger charge is 2.04. The van der Waals surface area contributed by atoms with E-state index in [1.54, 1.807) is 30.1 Å². The number of aliphatic imine (C=N–C) groups is 1. The Morgan fingerprint density at radius 3 is 2.62 bits per heavy atom. The Morgan fingerprint density at radius 1 is 1.38 bits per heavy atom. The molecular formula is C10H15N5O. The van der Waals surface area contributed by atoms with Crippen molar-refractivity contribution in [3.8, 4) is 0 Å². The molecule has 2 N–H and O–H groups in total. The summed E-state index contributed by atoms with van der Waals surface area (Å²) in [6, 6.07) is 7.57.